The molecule has 1 fully saturated rings. The standard InChI is InChI=1S/C20H29N3O3/c1-12(2)10-17(24)23-18(13(3)4)20(26)22-16-7-5-6-14(11-16)19(25)21-15-8-9-15/h5-7,11-13,15,18H,8-10H2,1-4H3,(H,21,25)(H,22,26)(H,23,24). The smallest absolute Gasteiger partial charge is 0.251 e. The third kappa shape index (κ3) is 6.17. The first-order valence-electron chi connectivity index (χ1n) is 9.27. The predicted octanol–water partition coefficient (Wildman–Crippen LogP) is 2.70. The van der Waals surface area contributed by atoms with Crippen molar-refractivity contribution in [2.75, 3.05) is 5.32 Å². The second-order valence-electron chi connectivity index (χ2n) is 7.70. The molecule has 0 bridgehead atoms. The minimum absolute atomic E-state index is 0.0486. The first kappa shape index (κ1) is 19.9. The molecule has 1 saturated carbocycles. The van der Waals surface area contributed by atoms with Crippen molar-refractivity contribution >= 4 is 23.4 Å². The Morgan fingerprint density at radius 2 is 1.81 bits per heavy atom. The predicted molar refractivity (Wildman–Crippen MR) is 102 cm³/mol. The average Bonchev–Trinajstić information content (AvgIpc) is 3.35. The van der Waals surface area contributed by atoms with Crippen LogP contribution in [0.4, 0.5) is 5.69 Å². The zero-order valence-corrected chi connectivity index (χ0v) is 16.0. The van der Waals surface area contributed by atoms with Crippen LogP contribution in [0.25, 0.3) is 0 Å². The second kappa shape index (κ2) is 8.83. The van der Waals surface area contributed by atoms with Gasteiger partial charge in [-0.25, -0.2) is 0 Å². The van der Waals surface area contributed by atoms with Crippen LogP contribution in [0.3, 0.4) is 0 Å². The molecular weight excluding hydrogens is 330 g/mol. The van der Waals surface area contributed by atoms with E-state index < -0.39 is 6.04 Å². The van der Waals surface area contributed by atoms with Gasteiger partial charge in [-0.2, -0.15) is 0 Å². The number of rotatable bonds is 8. The fourth-order valence-corrected chi connectivity index (χ4v) is 2.59. The van der Waals surface area contributed by atoms with Gasteiger partial charge in [0.25, 0.3) is 5.91 Å². The van der Waals surface area contributed by atoms with Crippen molar-refractivity contribution in [1.82, 2.24) is 10.6 Å². The van der Waals surface area contributed by atoms with Crippen LogP contribution >= 0.6 is 0 Å². The van der Waals surface area contributed by atoms with Gasteiger partial charge in [0.2, 0.25) is 11.8 Å². The van der Waals surface area contributed by atoms with Crippen molar-refractivity contribution in [2.24, 2.45) is 11.8 Å². The Hall–Kier alpha value is -2.37. The minimum Gasteiger partial charge on any atom is -0.349 e. The molecule has 26 heavy (non-hydrogen) atoms. The number of benzene rings is 1. The summed E-state index contributed by atoms with van der Waals surface area (Å²) in [5.74, 6) is -0.363. The quantitative estimate of drug-likeness (QED) is 0.667. The third-order valence-electron chi connectivity index (χ3n) is 4.16. The van der Waals surface area contributed by atoms with Crippen molar-refractivity contribution in [2.45, 2.75) is 59.0 Å². The van der Waals surface area contributed by atoms with E-state index in [2.05, 4.69) is 16.0 Å². The van der Waals surface area contributed by atoms with E-state index >= 15 is 0 Å². The molecule has 1 unspecified atom stereocenters. The molecular formula is C20H29N3O3. The highest BCUT2D eigenvalue weighted by atomic mass is 16.2. The Morgan fingerprint density at radius 1 is 1.12 bits per heavy atom. The van der Waals surface area contributed by atoms with Crippen molar-refractivity contribution in [1.29, 1.82) is 0 Å². The lowest BCUT2D eigenvalue weighted by Gasteiger charge is -2.22. The van der Waals surface area contributed by atoms with E-state index in [-0.39, 0.29) is 35.6 Å². The number of nitrogens with one attached hydrogen (secondary N) is 3. The maximum Gasteiger partial charge on any atom is 0.251 e. The van der Waals surface area contributed by atoms with Gasteiger partial charge in [-0.15, -0.1) is 0 Å². The lowest BCUT2D eigenvalue weighted by Crippen LogP contribution is -2.47. The van der Waals surface area contributed by atoms with Crippen LogP contribution in [0.1, 0.15) is 57.3 Å². The van der Waals surface area contributed by atoms with Crippen LogP contribution in [-0.2, 0) is 9.59 Å². The fraction of sp³-hybridized carbons (Fsp3) is 0.550. The van der Waals surface area contributed by atoms with E-state index in [1.807, 2.05) is 27.7 Å². The molecule has 2 rings (SSSR count). The number of hydrogen-bond donors (Lipinski definition) is 3. The molecule has 0 aliphatic heterocycles. The Kier molecular flexibility index (Phi) is 6.77. The van der Waals surface area contributed by atoms with Crippen LogP contribution in [0.5, 0.6) is 0 Å². The molecule has 142 valence electrons. The average molecular weight is 359 g/mol. The lowest BCUT2D eigenvalue weighted by molar-refractivity contribution is -0.127. The first-order valence-corrected chi connectivity index (χ1v) is 9.27. The summed E-state index contributed by atoms with van der Waals surface area (Å²) in [6, 6.07) is 6.51. The molecule has 6 nitrogen and oxygen atoms in total. The highest BCUT2D eigenvalue weighted by Gasteiger charge is 2.26. The van der Waals surface area contributed by atoms with Crippen LogP contribution in [0.15, 0.2) is 24.3 Å². The number of hydrogen-bond acceptors (Lipinski definition) is 3. The van der Waals surface area contributed by atoms with Crippen LogP contribution in [0, 0.1) is 11.8 Å². The molecule has 3 amide bonds. The van der Waals surface area contributed by atoms with Gasteiger partial charge in [-0.05, 0) is 42.9 Å². The SMILES string of the molecule is CC(C)CC(=O)NC(C(=O)Nc1cccc(C(=O)NC2CC2)c1)C(C)C. The van der Waals surface area contributed by atoms with E-state index in [9.17, 15) is 14.4 Å². The van der Waals surface area contributed by atoms with Crippen molar-refractivity contribution < 1.29 is 14.4 Å². The Labute approximate surface area is 155 Å². The molecule has 0 heterocycles. The minimum atomic E-state index is -0.620. The first-order chi connectivity index (χ1) is 12.3. The summed E-state index contributed by atoms with van der Waals surface area (Å²) >= 11 is 0. The van der Waals surface area contributed by atoms with E-state index in [1.165, 1.54) is 0 Å². The van der Waals surface area contributed by atoms with Crippen molar-refractivity contribution in [3.8, 4) is 0 Å². The van der Waals surface area contributed by atoms with Gasteiger partial charge in [-0.3, -0.25) is 14.4 Å². The summed E-state index contributed by atoms with van der Waals surface area (Å²) in [5.41, 5.74) is 1.06. The number of carbonyl (C=O) groups is 3. The monoisotopic (exact) mass is 359 g/mol. The Balaban J connectivity index is 2.01. The molecule has 1 aliphatic carbocycles. The largest absolute Gasteiger partial charge is 0.349 e. The topological polar surface area (TPSA) is 87.3 Å². The van der Waals surface area contributed by atoms with Crippen LogP contribution in [-0.4, -0.2) is 29.8 Å². The zero-order chi connectivity index (χ0) is 19.3. The van der Waals surface area contributed by atoms with Gasteiger partial charge in [0.1, 0.15) is 6.04 Å². The Morgan fingerprint density at radius 3 is 2.38 bits per heavy atom. The van der Waals surface area contributed by atoms with E-state index in [0.717, 1.165) is 12.8 Å². The maximum absolute atomic E-state index is 12.6. The highest BCUT2D eigenvalue weighted by molar-refractivity contribution is 5.99. The molecule has 0 saturated heterocycles. The summed E-state index contributed by atoms with van der Waals surface area (Å²) < 4.78 is 0. The lowest BCUT2D eigenvalue weighted by atomic mass is 10.0. The molecule has 6 heteroatoms. The van der Waals surface area contributed by atoms with Gasteiger partial charge in [0.15, 0.2) is 0 Å². The normalized spacial score (nSPS) is 14.8. The summed E-state index contributed by atoms with van der Waals surface area (Å²) in [7, 11) is 0. The molecule has 1 aromatic carbocycles. The van der Waals surface area contributed by atoms with Gasteiger partial charge in [-0.1, -0.05) is 33.8 Å². The number of amides is 3. The molecule has 0 spiro atoms. The zero-order valence-electron chi connectivity index (χ0n) is 16.0. The summed E-state index contributed by atoms with van der Waals surface area (Å²) in [6.07, 6.45) is 2.43. The van der Waals surface area contributed by atoms with Crippen LogP contribution in [0.2, 0.25) is 0 Å². The van der Waals surface area contributed by atoms with Crippen molar-refractivity contribution in [3.63, 3.8) is 0 Å². The molecule has 3 N–H and O–H groups in total. The number of carbonyl (C=O) groups excluding carboxylic acids is 3. The molecule has 1 aromatic rings. The van der Waals surface area contributed by atoms with Crippen molar-refractivity contribution in [3.05, 3.63) is 29.8 Å². The molecule has 1 aliphatic rings. The maximum atomic E-state index is 12.6. The molecule has 0 aromatic heterocycles. The molecule has 0 radical (unpaired) electrons. The fourth-order valence-electron chi connectivity index (χ4n) is 2.59. The highest BCUT2D eigenvalue weighted by Crippen LogP contribution is 2.20. The van der Waals surface area contributed by atoms with E-state index in [4.69, 9.17) is 0 Å². The van der Waals surface area contributed by atoms with Gasteiger partial charge in [0, 0.05) is 23.7 Å². The summed E-state index contributed by atoms with van der Waals surface area (Å²) in [5, 5.41) is 8.55. The van der Waals surface area contributed by atoms with Crippen LogP contribution < -0.4 is 16.0 Å². The molecule has 1 atom stereocenters. The number of anilines is 1. The van der Waals surface area contributed by atoms with E-state index in [1.54, 1.807) is 24.3 Å². The second-order valence-corrected chi connectivity index (χ2v) is 7.70. The third-order valence-corrected chi connectivity index (χ3v) is 4.16. The van der Waals surface area contributed by atoms with Gasteiger partial charge < -0.3 is 16.0 Å². The van der Waals surface area contributed by atoms with Gasteiger partial charge in [0.05, 0.1) is 0 Å². The summed E-state index contributed by atoms with van der Waals surface area (Å²) in [4.78, 5) is 36.8. The Bertz CT molecular complexity index is 666. The van der Waals surface area contributed by atoms with E-state index in [0.29, 0.717) is 17.7 Å². The van der Waals surface area contributed by atoms with Gasteiger partial charge >= 0.3 is 0 Å². The summed E-state index contributed by atoms with van der Waals surface area (Å²) in [6.45, 7) is 7.70.